The zero-order valence-corrected chi connectivity index (χ0v) is 16.7. The van der Waals surface area contributed by atoms with Crippen molar-refractivity contribution < 1.29 is 22.6 Å². The predicted molar refractivity (Wildman–Crippen MR) is 103 cm³/mol. The minimum Gasteiger partial charge on any atom is -0.497 e. The van der Waals surface area contributed by atoms with Gasteiger partial charge in [0.2, 0.25) is 0 Å². The lowest BCUT2D eigenvalue weighted by Gasteiger charge is -2.12. The largest absolute Gasteiger partial charge is 0.497 e. The third-order valence-corrected chi connectivity index (χ3v) is 2.92. The lowest BCUT2D eigenvalue weighted by molar-refractivity contribution is -0.173. The van der Waals surface area contributed by atoms with Crippen LogP contribution in [0.2, 0.25) is 0 Å². The molecule has 0 saturated heterocycles. The summed E-state index contributed by atoms with van der Waals surface area (Å²) in [6.45, 7) is 2.40. The number of rotatable bonds is 9. The molecule has 5 nitrogen and oxygen atoms in total. The van der Waals surface area contributed by atoms with Crippen LogP contribution >= 0.6 is 24.0 Å². The monoisotopic (exact) mass is 475 g/mol. The molecule has 0 radical (unpaired) electrons. The average Bonchev–Trinajstić information content (AvgIpc) is 2.54. The van der Waals surface area contributed by atoms with Gasteiger partial charge < -0.3 is 20.1 Å². The molecular formula is C16H25F3IN3O2. The van der Waals surface area contributed by atoms with Gasteiger partial charge in [0.25, 0.3) is 0 Å². The molecule has 25 heavy (non-hydrogen) atoms. The van der Waals surface area contributed by atoms with Crippen LogP contribution in [-0.4, -0.2) is 45.5 Å². The number of methoxy groups -OCH3 is 1. The van der Waals surface area contributed by atoms with Crippen LogP contribution < -0.4 is 15.4 Å². The van der Waals surface area contributed by atoms with Gasteiger partial charge in [0.1, 0.15) is 12.4 Å². The van der Waals surface area contributed by atoms with Gasteiger partial charge in [-0.05, 0) is 31.0 Å². The van der Waals surface area contributed by atoms with Crippen molar-refractivity contribution in [3.63, 3.8) is 0 Å². The summed E-state index contributed by atoms with van der Waals surface area (Å²) in [6, 6.07) is 7.60. The molecule has 0 spiro atoms. The summed E-state index contributed by atoms with van der Waals surface area (Å²) in [6.07, 6.45) is -3.82. The van der Waals surface area contributed by atoms with Gasteiger partial charge >= 0.3 is 6.18 Å². The Hall–Kier alpha value is -1.23. The minimum absolute atomic E-state index is 0. The molecule has 0 bridgehead atoms. The van der Waals surface area contributed by atoms with Crippen LogP contribution in [0.3, 0.4) is 0 Å². The zero-order valence-electron chi connectivity index (χ0n) is 14.4. The van der Waals surface area contributed by atoms with Gasteiger partial charge in [0, 0.05) is 19.7 Å². The summed E-state index contributed by atoms with van der Waals surface area (Å²) in [5, 5.41) is 6.15. The molecule has 0 aliphatic carbocycles. The van der Waals surface area contributed by atoms with Gasteiger partial charge in [-0.2, -0.15) is 13.2 Å². The van der Waals surface area contributed by atoms with E-state index in [4.69, 9.17) is 4.74 Å². The maximum absolute atomic E-state index is 11.9. The lowest BCUT2D eigenvalue weighted by atomic mass is 10.2. The van der Waals surface area contributed by atoms with Crippen molar-refractivity contribution in [2.24, 2.45) is 4.99 Å². The molecule has 144 valence electrons. The Morgan fingerprint density at radius 1 is 1.24 bits per heavy atom. The predicted octanol–water partition coefficient (Wildman–Crippen LogP) is 3.34. The first-order valence-corrected chi connectivity index (χ1v) is 7.74. The van der Waals surface area contributed by atoms with Crippen LogP contribution in [0.25, 0.3) is 0 Å². The summed E-state index contributed by atoms with van der Waals surface area (Å²) >= 11 is 0. The van der Waals surface area contributed by atoms with Gasteiger partial charge in [-0.25, -0.2) is 4.99 Å². The molecule has 0 aromatic heterocycles. The fourth-order valence-corrected chi connectivity index (χ4v) is 1.85. The molecule has 0 aliphatic rings. The van der Waals surface area contributed by atoms with Crippen molar-refractivity contribution >= 4 is 29.9 Å². The first kappa shape index (κ1) is 23.8. The topological polar surface area (TPSA) is 54.9 Å². The maximum atomic E-state index is 11.9. The van der Waals surface area contributed by atoms with Gasteiger partial charge in [0.05, 0.1) is 13.7 Å². The lowest BCUT2D eigenvalue weighted by Crippen LogP contribution is -2.38. The van der Waals surface area contributed by atoms with Crippen molar-refractivity contribution in [1.29, 1.82) is 0 Å². The standard InChI is InChI=1S/C16H24F3N3O2.HI/c1-3-20-15(21-8-5-9-24-12-16(17,18)19)22-11-13-6-4-7-14(10-13)23-2;/h4,6-7,10H,3,5,8-9,11-12H2,1-2H3,(H2,20,21,22);1H. The van der Waals surface area contributed by atoms with E-state index in [1.165, 1.54) is 0 Å². The molecule has 0 saturated carbocycles. The highest BCUT2D eigenvalue weighted by atomic mass is 127. The second kappa shape index (κ2) is 13.0. The van der Waals surface area contributed by atoms with E-state index in [-0.39, 0.29) is 30.6 Å². The highest BCUT2D eigenvalue weighted by Gasteiger charge is 2.27. The highest BCUT2D eigenvalue weighted by molar-refractivity contribution is 14.0. The molecule has 1 aromatic rings. The van der Waals surface area contributed by atoms with Crippen molar-refractivity contribution in [3.8, 4) is 5.75 Å². The average molecular weight is 475 g/mol. The molecule has 9 heteroatoms. The molecule has 2 N–H and O–H groups in total. The Morgan fingerprint density at radius 3 is 2.64 bits per heavy atom. The number of nitrogens with zero attached hydrogens (tertiary/aromatic N) is 1. The Bertz CT molecular complexity index is 514. The van der Waals surface area contributed by atoms with Crippen LogP contribution in [0.5, 0.6) is 5.75 Å². The summed E-state index contributed by atoms with van der Waals surface area (Å²) in [5.74, 6) is 1.37. The van der Waals surface area contributed by atoms with E-state index in [1.807, 2.05) is 31.2 Å². The van der Waals surface area contributed by atoms with Crippen molar-refractivity contribution in [1.82, 2.24) is 10.6 Å². The van der Waals surface area contributed by atoms with Crippen LogP contribution in [0.4, 0.5) is 13.2 Å². The second-order valence-electron chi connectivity index (χ2n) is 4.99. The summed E-state index contributed by atoms with van der Waals surface area (Å²) in [4.78, 5) is 4.43. The minimum atomic E-state index is -4.28. The van der Waals surface area contributed by atoms with Gasteiger partial charge in [0.15, 0.2) is 5.96 Å². The van der Waals surface area contributed by atoms with Crippen molar-refractivity contribution in [2.75, 3.05) is 33.4 Å². The molecule has 0 aliphatic heterocycles. The fourth-order valence-electron chi connectivity index (χ4n) is 1.85. The Kier molecular flexibility index (Phi) is 12.4. The molecule has 0 fully saturated rings. The van der Waals surface area contributed by atoms with Crippen molar-refractivity contribution in [2.45, 2.75) is 26.1 Å². The van der Waals surface area contributed by atoms with Gasteiger partial charge in [-0.1, -0.05) is 12.1 Å². The Labute approximate surface area is 163 Å². The normalized spacial score (nSPS) is 11.6. The first-order valence-electron chi connectivity index (χ1n) is 7.74. The molecule has 0 amide bonds. The third kappa shape index (κ3) is 11.9. The van der Waals surface area contributed by atoms with E-state index < -0.39 is 12.8 Å². The number of guanidine groups is 1. The molecule has 0 heterocycles. The number of halogens is 4. The fraction of sp³-hybridized carbons (Fsp3) is 0.562. The molecule has 1 rings (SSSR count). The van der Waals surface area contributed by atoms with Gasteiger partial charge in [-0.3, -0.25) is 0 Å². The smallest absolute Gasteiger partial charge is 0.411 e. The summed E-state index contributed by atoms with van der Waals surface area (Å²) in [7, 11) is 1.61. The van der Waals surface area contributed by atoms with Crippen LogP contribution in [-0.2, 0) is 11.3 Å². The van der Waals surface area contributed by atoms with E-state index >= 15 is 0 Å². The van der Waals surface area contributed by atoms with E-state index in [9.17, 15) is 13.2 Å². The van der Waals surface area contributed by atoms with Gasteiger partial charge in [-0.15, -0.1) is 24.0 Å². The number of hydrogen-bond donors (Lipinski definition) is 2. The number of alkyl halides is 3. The molecule has 1 aromatic carbocycles. The van der Waals surface area contributed by atoms with Crippen LogP contribution in [0.1, 0.15) is 18.9 Å². The van der Waals surface area contributed by atoms with E-state index in [2.05, 4.69) is 20.4 Å². The number of ether oxygens (including phenoxy) is 2. The van der Waals surface area contributed by atoms with Crippen molar-refractivity contribution in [3.05, 3.63) is 29.8 Å². The number of nitrogens with one attached hydrogen (secondary N) is 2. The Balaban J connectivity index is 0.00000576. The van der Waals surface area contributed by atoms with E-state index in [0.29, 0.717) is 32.0 Å². The maximum Gasteiger partial charge on any atom is 0.411 e. The molecule has 0 unspecified atom stereocenters. The molecular weight excluding hydrogens is 450 g/mol. The number of hydrogen-bond acceptors (Lipinski definition) is 3. The quantitative estimate of drug-likeness (QED) is 0.249. The highest BCUT2D eigenvalue weighted by Crippen LogP contribution is 2.14. The van der Waals surface area contributed by atoms with E-state index in [0.717, 1.165) is 11.3 Å². The molecule has 0 atom stereocenters. The van der Waals surface area contributed by atoms with Crippen LogP contribution in [0.15, 0.2) is 29.3 Å². The Morgan fingerprint density at radius 2 is 2.00 bits per heavy atom. The zero-order chi connectivity index (χ0) is 17.8. The number of aliphatic imine (C=N–C) groups is 1. The summed E-state index contributed by atoms with van der Waals surface area (Å²) in [5.41, 5.74) is 1.00. The SMILES string of the molecule is CCNC(=NCc1cccc(OC)c1)NCCCOCC(F)(F)F.I. The first-order chi connectivity index (χ1) is 11.4. The van der Waals surface area contributed by atoms with Crippen LogP contribution in [0, 0.1) is 0 Å². The van der Waals surface area contributed by atoms with E-state index in [1.54, 1.807) is 7.11 Å². The second-order valence-corrected chi connectivity index (χ2v) is 4.99. The summed E-state index contributed by atoms with van der Waals surface area (Å²) < 4.78 is 45.5. The third-order valence-electron chi connectivity index (χ3n) is 2.92. The number of benzene rings is 1.